The van der Waals surface area contributed by atoms with Crippen LogP contribution >= 0.6 is 12.2 Å². The second-order valence-electron chi connectivity index (χ2n) is 1.79. The van der Waals surface area contributed by atoms with Crippen molar-refractivity contribution >= 4 is 27.2 Å². The Morgan fingerprint density at radius 2 is 2.10 bits per heavy atom. The molecule has 1 unspecified atom stereocenters. The van der Waals surface area contributed by atoms with Gasteiger partial charge in [0.1, 0.15) is 5.25 Å². The second-order valence-corrected chi connectivity index (χ2v) is 4.47. The molecule has 0 aromatic rings. The smallest absolute Gasteiger partial charge is 0.220 e. The molecule has 4 nitrogen and oxygen atoms in total. The SMILES string of the molecule is CNS(=O)(=O)C(C)C(N)=S. The van der Waals surface area contributed by atoms with E-state index in [-0.39, 0.29) is 4.99 Å². The average Bonchev–Trinajstić information content (AvgIpc) is 1.86. The van der Waals surface area contributed by atoms with Gasteiger partial charge in [0.2, 0.25) is 10.0 Å². The van der Waals surface area contributed by atoms with Gasteiger partial charge in [-0.15, -0.1) is 0 Å². The fourth-order valence-corrected chi connectivity index (χ4v) is 1.37. The molecule has 0 fully saturated rings. The lowest BCUT2D eigenvalue weighted by atomic mass is 10.5. The third kappa shape index (κ3) is 2.20. The highest BCUT2D eigenvalue weighted by Gasteiger charge is 2.20. The van der Waals surface area contributed by atoms with Crippen molar-refractivity contribution in [2.24, 2.45) is 5.73 Å². The first-order valence-electron chi connectivity index (χ1n) is 2.63. The molecule has 0 rings (SSSR count). The van der Waals surface area contributed by atoms with Crippen LogP contribution in [0.5, 0.6) is 0 Å². The summed E-state index contributed by atoms with van der Waals surface area (Å²) in [6, 6.07) is 0. The first-order valence-corrected chi connectivity index (χ1v) is 4.59. The summed E-state index contributed by atoms with van der Waals surface area (Å²) in [5.74, 6) is 0. The third-order valence-corrected chi connectivity index (χ3v) is 3.41. The van der Waals surface area contributed by atoms with Gasteiger partial charge in [-0.05, 0) is 14.0 Å². The van der Waals surface area contributed by atoms with E-state index in [2.05, 4.69) is 16.9 Å². The van der Waals surface area contributed by atoms with Crippen molar-refractivity contribution < 1.29 is 8.42 Å². The van der Waals surface area contributed by atoms with Crippen LogP contribution < -0.4 is 10.5 Å². The molecule has 0 bridgehead atoms. The van der Waals surface area contributed by atoms with Gasteiger partial charge < -0.3 is 5.73 Å². The maximum Gasteiger partial charge on any atom is 0.220 e. The minimum Gasteiger partial charge on any atom is -0.392 e. The molecular weight excluding hydrogens is 172 g/mol. The summed E-state index contributed by atoms with van der Waals surface area (Å²) in [6.45, 7) is 1.44. The summed E-state index contributed by atoms with van der Waals surface area (Å²) in [7, 11) is -1.99. The van der Waals surface area contributed by atoms with Crippen LogP contribution in [0.1, 0.15) is 6.92 Å². The van der Waals surface area contributed by atoms with Gasteiger partial charge >= 0.3 is 0 Å². The molecule has 3 N–H and O–H groups in total. The minimum atomic E-state index is -3.31. The normalized spacial score (nSPS) is 14.6. The zero-order valence-corrected chi connectivity index (χ0v) is 7.42. The van der Waals surface area contributed by atoms with E-state index in [9.17, 15) is 8.42 Å². The number of nitrogens with one attached hydrogen (secondary N) is 1. The van der Waals surface area contributed by atoms with Crippen molar-refractivity contribution in [2.75, 3.05) is 7.05 Å². The molecule has 0 aromatic carbocycles. The van der Waals surface area contributed by atoms with Crippen LogP contribution in [0.15, 0.2) is 0 Å². The number of thiocarbonyl (C=S) groups is 1. The second kappa shape index (κ2) is 3.27. The van der Waals surface area contributed by atoms with E-state index in [4.69, 9.17) is 5.73 Å². The molecule has 0 aliphatic carbocycles. The van der Waals surface area contributed by atoms with E-state index in [1.54, 1.807) is 0 Å². The molecule has 0 aliphatic heterocycles. The fraction of sp³-hybridized carbons (Fsp3) is 0.750. The molecule has 6 heteroatoms. The predicted molar refractivity (Wildman–Crippen MR) is 44.2 cm³/mol. The van der Waals surface area contributed by atoms with E-state index in [0.29, 0.717) is 0 Å². The summed E-state index contributed by atoms with van der Waals surface area (Å²) in [5, 5.41) is -0.799. The maximum absolute atomic E-state index is 10.9. The molecule has 1 atom stereocenters. The Balaban J connectivity index is 4.51. The summed E-state index contributed by atoms with van der Waals surface area (Å²) < 4.78 is 23.9. The monoisotopic (exact) mass is 182 g/mol. The Hall–Kier alpha value is -0.200. The maximum atomic E-state index is 10.9. The highest BCUT2D eigenvalue weighted by atomic mass is 32.2. The van der Waals surface area contributed by atoms with Gasteiger partial charge in [-0.2, -0.15) is 0 Å². The van der Waals surface area contributed by atoms with Crippen molar-refractivity contribution in [3.05, 3.63) is 0 Å². The summed E-state index contributed by atoms with van der Waals surface area (Å²) >= 11 is 4.49. The molecule has 0 aliphatic rings. The molecule has 0 heterocycles. The lowest BCUT2D eigenvalue weighted by Gasteiger charge is -2.08. The molecule has 0 saturated carbocycles. The molecule has 60 valence electrons. The molecular formula is C4H10N2O2S2. The topological polar surface area (TPSA) is 72.2 Å². The quantitative estimate of drug-likeness (QED) is 0.561. The Morgan fingerprint density at radius 1 is 1.70 bits per heavy atom. The van der Waals surface area contributed by atoms with Gasteiger partial charge in [-0.25, -0.2) is 13.1 Å². The summed E-state index contributed by atoms with van der Waals surface area (Å²) in [6.07, 6.45) is 0. The third-order valence-electron chi connectivity index (χ3n) is 1.15. The van der Waals surface area contributed by atoms with E-state index < -0.39 is 15.3 Å². The van der Waals surface area contributed by atoms with Gasteiger partial charge in [-0.1, -0.05) is 12.2 Å². The fourth-order valence-electron chi connectivity index (χ4n) is 0.330. The van der Waals surface area contributed by atoms with Crippen molar-refractivity contribution in [1.29, 1.82) is 0 Å². The van der Waals surface area contributed by atoms with Crippen LogP contribution in [-0.4, -0.2) is 25.7 Å². The predicted octanol–water partition coefficient (Wildman–Crippen LogP) is -0.790. The van der Waals surface area contributed by atoms with E-state index in [1.165, 1.54) is 14.0 Å². The zero-order chi connectivity index (χ0) is 8.36. The first-order chi connectivity index (χ1) is 4.41. The van der Waals surface area contributed by atoms with Gasteiger partial charge in [0, 0.05) is 0 Å². The molecule has 0 radical (unpaired) electrons. The van der Waals surface area contributed by atoms with Crippen molar-refractivity contribution in [1.82, 2.24) is 4.72 Å². The van der Waals surface area contributed by atoms with Crippen LogP contribution in [0, 0.1) is 0 Å². The van der Waals surface area contributed by atoms with Crippen molar-refractivity contribution in [3.8, 4) is 0 Å². The first kappa shape index (κ1) is 9.80. The molecule has 0 saturated heterocycles. The Morgan fingerprint density at radius 3 is 2.20 bits per heavy atom. The molecule has 0 aromatic heterocycles. The van der Waals surface area contributed by atoms with Crippen LogP contribution in [0.25, 0.3) is 0 Å². The number of nitrogens with two attached hydrogens (primary N) is 1. The number of hydrogen-bond donors (Lipinski definition) is 2. The number of rotatable bonds is 3. The van der Waals surface area contributed by atoms with E-state index in [0.717, 1.165) is 0 Å². The van der Waals surface area contributed by atoms with Gasteiger partial charge in [0.25, 0.3) is 0 Å². The van der Waals surface area contributed by atoms with Crippen LogP contribution in [-0.2, 0) is 10.0 Å². The standard InChI is InChI=1S/C4H10N2O2S2/c1-3(4(5)9)10(7,8)6-2/h3,6H,1-2H3,(H2,5,9). The summed E-state index contributed by atoms with van der Waals surface area (Å²) in [4.78, 5) is -0.0191. The highest BCUT2D eigenvalue weighted by molar-refractivity contribution is 7.93. The van der Waals surface area contributed by atoms with Crippen LogP contribution in [0.2, 0.25) is 0 Å². The van der Waals surface area contributed by atoms with Gasteiger partial charge in [0.05, 0.1) is 4.99 Å². The van der Waals surface area contributed by atoms with Gasteiger partial charge in [-0.3, -0.25) is 0 Å². The Labute approximate surface area is 65.8 Å². The Bertz CT molecular complexity index is 221. The van der Waals surface area contributed by atoms with Crippen LogP contribution in [0.4, 0.5) is 0 Å². The lowest BCUT2D eigenvalue weighted by Crippen LogP contribution is -2.38. The van der Waals surface area contributed by atoms with Crippen molar-refractivity contribution in [2.45, 2.75) is 12.2 Å². The highest BCUT2D eigenvalue weighted by Crippen LogP contribution is 1.96. The van der Waals surface area contributed by atoms with Crippen molar-refractivity contribution in [3.63, 3.8) is 0 Å². The molecule has 0 amide bonds. The van der Waals surface area contributed by atoms with Gasteiger partial charge in [0.15, 0.2) is 0 Å². The number of sulfonamides is 1. The van der Waals surface area contributed by atoms with Crippen LogP contribution in [0.3, 0.4) is 0 Å². The Kier molecular flexibility index (Phi) is 3.20. The minimum absolute atomic E-state index is 0.0191. The largest absolute Gasteiger partial charge is 0.392 e. The molecule has 10 heavy (non-hydrogen) atoms. The average molecular weight is 182 g/mol. The van der Waals surface area contributed by atoms with E-state index >= 15 is 0 Å². The number of hydrogen-bond acceptors (Lipinski definition) is 3. The molecule has 0 spiro atoms. The summed E-state index contributed by atoms with van der Waals surface area (Å²) in [5.41, 5.74) is 5.11. The lowest BCUT2D eigenvalue weighted by molar-refractivity contribution is 0.585. The zero-order valence-electron chi connectivity index (χ0n) is 5.79. The van der Waals surface area contributed by atoms with E-state index in [1.807, 2.05) is 0 Å².